The van der Waals surface area contributed by atoms with Gasteiger partial charge < -0.3 is 14.5 Å². The highest BCUT2D eigenvalue weighted by Gasteiger charge is 2.24. The zero-order valence-corrected chi connectivity index (χ0v) is 18.4. The average molecular weight is 444 g/mol. The predicted molar refractivity (Wildman–Crippen MR) is 123 cm³/mol. The highest BCUT2D eigenvalue weighted by atomic mass is 16.5. The van der Waals surface area contributed by atoms with Crippen LogP contribution in [0.2, 0.25) is 0 Å². The van der Waals surface area contributed by atoms with Crippen molar-refractivity contribution in [2.45, 2.75) is 38.2 Å². The van der Waals surface area contributed by atoms with E-state index in [1.54, 1.807) is 18.6 Å². The maximum atomic E-state index is 11.5. The minimum Gasteiger partial charge on any atom is -0.474 e. The van der Waals surface area contributed by atoms with Crippen LogP contribution in [0.5, 0.6) is 5.88 Å². The molecule has 0 unspecified atom stereocenters. The van der Waals surface area contributed by atoms with E-state index < -0.39 is 0 Å². The standard InChI is InChI=1S/C25H25N5O3/c1-32-23(31)12-16-6-9-19(10-7-16)33-22-11-8-17(13-26-22)24-27-14-18(15-28-24)25-29-20-4-2-3-5-21(20)30-25/h2-5,8,11,13-16,19H,6-7,9-10,12H2,1H3,(H,29,30). The van der Waals surface area contributed by atoms with E-state index in [0.29, 0.717) is 24.0 Å². The number of imidazole rings is 1. The Balaban J connectivity index is 1.19. The number of esters is 1. The number of pyridine rings is 1. The molecule has 1 saturated carbocycles. The number of methoxy groups -OCH3 is 1. The Morgan fingerprint density at radius 1 is 0.970 bits per heavy atom. The van der Waals surface area contributed by atoms with Crippen LogP contribution in [0.25, 0.3) is 33.8 Å². The van der Waals surface area contributed by atoms with Crippen LogP contribution < -0.4 is 4.74 Å². The van der Waals surface area contributed by atoms with Crippen molar-refractivity contribution >= 4 is 17.0 Å². The summed E-state index contributed by atoms with van der Waals surface area (Å²) in [5, 5.41) is 0. The lowest BCUT2D eigenvalue weighted by Crippen LogP contribution is -2.25. The molecule has 0 spiro atoms. The SMILES string of the molecule is COC(=O)CC1CCC(Oc2ccc(-c3ncc(-c4nc5ccccc5[nH]4)cn3)cn2)CC1. The van der Waals surface area contributed by atoms with Crippen molar-refractivity contribution in [3.05, 3.63) is 55.0 Å². The van der Waals surface area contributed by atoms with Crippen molar-refractivity contribution in [2.75, 3.05) is 7.11 Å². The van der Waals surface area contributed by atoms with E-state index in [0.717, 1.165) is 53.7 Å². The zero-order valence-electron chi connectivity index (χ0n) is 18.4. The van der Waals surface area contributed by atoms with Crippen LogP contribution in [-0.4, -0.2) is 44.1 Å². The van der Waals surface area contributed by atoms with Gasteiger partial charge in [-0.2, -0.15) is 0 Å². The maximum absolute atomic E-state index is 11.5. The number of nitrogens with one attached hydrogen (secondary N) is 1. The molecule has 0 bridgehead atoms. The first-order valence-electron chi connectivity index (χ1n) is 11.1. The summed E-state index contributed by atoms with van der Waals surface area (Å²) in [7, 11) is 1.44. The number of ether oxygens (including phenoxy) is 2. The summed E-state index contributed by atoms with van der Waals surface area (Å²) in [5.41, 5.74) is 3.53. The van der Waals surface area contributed by atoms with Crippen LogP contribution in [0.1, 0.15) is 32.1 Å². The number of nitrogens with zero attached hydrogens (tertiary/aromatic N) is 4. The molecule has 0 atom stereocenters. The minimum absolute atomic E-state index is 0.122. The van der Waals surface area contributed by atoms with Gasteiger partial charge in [-0.1, -0.05) is 12.1 Å². The first-order chi connectivity index (χ1) is 16.2. The molecule has 0 radical (unpaired) electrons. The lowest BCUT2D eigenvalue weighted by atomic mass is 9.85. The van der Waals surface area contributed by atoms with E-state index in [-0.39, 0.29) is 12.1 Å². The molecule has 1 fully saturated rings. The second-order valence-electron chi connectivity index (χ2n) is 8.32. The molecular weight excluding hydrogens is 418 g/mol. The number of benzene rings is 1. The number of carbonyl (C=O) groups excluding carboxylic acids is 1. The lowest BCUT2D eigenvalue weighted by molar-refractivity contribution is -0.142. The maximum Gasteiger partial charge on any atom is 0.305 e. The molecule has 3 aromatic heterocycles. The molecule has 5 rings (SSSR count). The molecule has 4 aromatic rings. The van der Waals surface area contributed by atoms with Crippen molar-refractivity contribution in [3.8, 4) is 28.7 Å². The van der Waals surface area contributed by atoms with Crippen LogP contribution in [-0.2, 0) is 9.53 Å². The molecule has 8 heteroatoms. The van der Waals surface area contributed by atoms with Crippen LogP contribution in [0.15, 0.2) is 55.0 Å². The molecular formula is C25H25N5O3. The summed E-state index contributed by atoms with van der Waals surface area (Å²) in [5.74, 6) is 2.18. The molecule has 8 nitrogen and oxygen atoms in total. The molecule has 1 aromatic carbocycles. The van der Waals surface area contributed by atoms with Gasteiger partial charge in [0, 0.05) is 36.6 Å². The summed E-state index contributed by atoms with van der Waals surface area (Å²) < 4.78 is 10.8. The van der Waals surface area contributed by atoms with Gasteiger partial charge >= 0.3 is 5.97 Å². The fraction of sp³-hybridized carbons (Fsp3) is 0.320. The summed E-state index contributed by atoms with van der Waals surface area (Å²) in [6, 6.07) is 11.7. The summed E-state index contributed by atoms with van der Waals surface area (Å²) in [4.78, 5) is 32.8. The third kappa shape index (κ3) is 4.84. The van der Waals surface area contributed by atoms with Crippen LogP contribution in [0, 0.1) is 5.92 Å². The first kappa shape index (κ1) is 21.1. The number of carbonyl (C=O) groups is 1. The van der Waals surface area contributed by atoms with E-state index >= 15 is 0 Å². The van der Waals surface area contributed by atoms with Gasteiger partial charge in [-0.25, -0.2) is 19.9 Å². The average Bonchev–Trinajstić information content (AvgIpc) is 3.30. The normalized spacial score (nSPS) is 18.2. The fourth-order valence-corrected chi connectivity index (χ4v) is 4.21. The monoisotopic (exact) mass is 443 g/mol. The Bertz CT molecular complexity index is 1200. The summed E-state index contributed by atoms with van der Waals surface area (Å²) >= 11 is 0. The number of hydrogen-bond donors (Lipinski definition) is 1. The van der Waals surface area contributed by atoms with Gasteiger partial charge in [0.1, 0.15) is 11.9 Å². The van der Waals surface area contributed by atoms with Crippen molar-refractivity contribution < 1.29 is 14.3 Å². The largest absolute Gasteiger partial charge is 0.474 e. The van der Waals surface area contributed by atoms with Crippen molar-refractivity contribution in [1.29, 1.82) is 0 Å². The lowest BCUT2D eigenvalue weighted by Gasteiger charge is -2.28. The van der Waals surface area contributed by atoms with Gasteiger partial charge in [0.05, 0.1) is 23.7 Å². The zero-order chi connectivity index (χ0) is 22.6. The molecule has 33 heavy (non-hydrogen) atoms. The van der Waals surface area contributed by atoms with E-state index in [2.05, 4.69) is 24.9 Å². The third-order valence-electron chi connectivity index (χ3n) is 6.07. The third-order valence-corrected chi connectivity index (χ3v) is 6.07. The predicted octanol–water partition coefficient (Wildman–Crippen LogP) is 4.58. The Morgan fingerprint density at radius 2 is 1.73 bits per heavy atom. The van der Waals surface area contributed by atoms with Crippen molar-refractivity contribution in [1.82, 2.24) is 24.9 Å². The number of para-hydroxylation sites is 2. The van der Waals surface area contributed by atoms with Gasteiger partial charge in [-0.05, 0) is 49.8 Å². The van der Waals surface area contributed by atoms with Gasteiger partial charge in [0.2, 0.25) is 5.88 Å². The summed E-state index contributed by atoms with van der Waals surface area (Å²) in [6.07, 6.45) is 9.62. The number of hydrogen-bond acceptors (Lipinski definition) is 7. The van der Waals surface area contributed by atoms with E-state index in [4.69, 9.17) is 9.47 Å². The number of fused-ring (bicyclic) bond motifs is 1. The van der Waals surface area contributed by atoms with E-state index in [1.807, 2.05) is 36.4 Å². The Labute approximate surface area is 191 Å². The highest BCUT2D eigenvalue weighted by Crippen LogP contribution is 2.30. The van der Waals surface area contributed by atoms with Gasteiger partial charge in [-0.15, -0.1) is 0 Å². The molecule has 168 valence electrons. The second-order valence-corrected chi connectivity index (χ2v) is 8.32. The molecule has 0 aliphatic heterocycles. The number of aromatic nitrogens is 5. The van der Waals surface area contributed by atoms with Gasteiger partial charge in [0.15, 0.2) is 5.82 Å². The first-order valence-corrected chi connectivity index (χ1v) is 11.1. The van der Waals surface area contributed by atoms with Crippen LogP contribution in [0.3, 0.4) is 0 Å². The minimum atomic E-state index is -0.135. The van der Waals surface area contributed by atoms with Crippen LogP contribution in [0.4, 0.5) is 0 Å². The molecule has 0 amide bonds. The Morgan fingerprint density at radius 3 is 2.42 bits per heavy atom. The fourth-order valence-electron chi connectivity index (χ4n) is 4.21. The van der Waals surface area contributed by atoms with E-state index in [1.165, 1.54) is 7.11 Å². The number of rotatable bonds is 6. The molecule has 3 heterocycles. The topological polar surface area (TPSA) is 103 Å². The smallest absolute Gasteiger partial charge is 0.305 e. The van der Waals surface area contributed by atoms with Gasteiger partial charge in [0.25, 0.3) is 0 Å². The molecule has 1 N–H and O–H groups in total. The van der Waals surface area contributed by atoms with Gasteiger partial charge in [-0.3, -0.25) is 4.79 Å². The molecule has 1 aliphatic rings. The van der Waals surface area contributed by atoms with Crippen LogP contribution >= 0.6 is 0 Å². The van der Waals surface area contributed by atoms with E-state index in [9.17, 15) is 4.79 Å². The summed E-state index contributed by atoms with van der Waals surface area (Å²) in [6.45, 7) is 0. The molecule has 1 aliphatic carbocycles. The highest BCUT2D eigenvalue weighted by molar-refractivity contribution is 5.79. The Kier molecular flexibility index (Phi) is 5.97. The number of aromatic amines is 1. The van der Waals surface area contributed by atoms with Crippen molar-refractivity contribution in [2.24, 2.45) is 5.92 Å². The number of H-pyrrole nitrogens is 1. The van der Waals surface area contributed by atoms with Crippen molar-refractivity contribution in [3.63, 3.8) is 0 Å². The quantitative estimate of drug-likeness (QED) is 0.435. The molecule has 0 saturated heterocycles. The Hall–Kier alpha value is -3.81. The second kappa shape index (κ2) is 9.36.